The minimum Gasteiger partial charge on any atom is -0.435 e. The molecule has 1 atom stereocenters. The van der Waals surface area contributed by atoms with Gasteiger partial charge in [-0.15, -0.1) is 0 Å². The molecule has 1 aromatic carbocycles. The van der Waals surface area contributed by atoms with Gasteiger partial charge in [-0.05, 0) is 17.7 Å². The van der Waals surface area contributed by atoms with Crippen LogP contribution < -0.4 is 9.64 Å². The summed E-state index contributed by atoms with van der Waals surface area (Å²) in [6, 6.07) is 8.51. The molecule has 0 aliphatic carbocycles. The molecule has 0 bridgehead atoms. The molecule has 1 saturated heterocycles. The van der Waals surface area contributed by atoms with Crippen LogP contribution in [0, 0.1) is 0 Å². The molecule has 0 spiro atoms. The van der Waals surface area contributed by atoms with Crippen LogP contribution in [0.15, 0.2) is 30.3 Å². The summed E-state index contributed by atoms with van der Waals surface area (Å²) >= 11 is 0. The molecule has 3 rings (SSSR count). The first-order valence-electron chi connectivity index (χ1n) is 9.55. The molecular weight excluding hydrogens is 380 g/mol. The van der Waals surface area contributed by atoms with Gasteiger partial charge >= 0.3 is 6.61 Å². The molecule has 1 fully saturated rings. The van der Waals surface area contributed by atoms with Crippen molar-refractivity contribution in [2.24, 2.45) is 0 Å². The fourth-order valence-electron chi connectivity index (χ4n) is 3.13. The van der Waals surface area contributed by atoms with Gasteiger partial charge in [0, 0.05) is 31.7 Å². The summed E-state index contributed by atoms with van der Waals surface area (Å²) < 4.78 is 40.3. The summed E-state index contributed by atoms with van der Waals surface area (Å²) in [7, 11) is 1.64. The van der Waals surface area contributed by atoms with Crippen molar-refractivity contribution in [1.82, 2.24) is 9.97 Å². The van der Waals surface area contributed by atoms with E-state index < -0.39 is 6.61 Å². The van der Waals surface area contributed by atoms with E-state index >= 15 is 0 Å². The van der Waals surface area contributed by atoms with Crippen LogP contribution in [-0.2, 0) is 21.5 Å². The number of ether oxygens (including phenoxy) is 3. The largest absolute Gasteiger partial charge is 0.435 e. The molecule has 0 radical (unpaired) electrons. The average Bonchev–Trinajstić information content (AvgIpc) is 2.67. The lowest BCUT2D eigenvalue weighted by Crippen LogP contribution is -2.39. The second-order valence-corrected chi connectivity index (χ2v) is 7.98. The zero-order chi connectivity index (χ0) is 21.0. The van der Waals surface area contributed by atoms with Crippen molar-refractivity contribution in [2.75, 3.05) is 31.7 Å². The zero-order valence-corrected chi connectivity index (χ0v) is 17.2. The van der Waals surface area contributed by atoms with E-state index in [1.807, 2.05) is 6.07 Å². The third kappa shape index (κ3) is 5.61. The number of nitrogens with zero attached hydrogens (tertiary/aromatic N) is 3. The Balaban J connectivity index is 1.80. The van der Waals surface area contributed by atoms with Gasteiger partial charge in [0.1, 0.15) is 23.5 Å². The summed E-state index contributed by atoms with van der Waals surface area (Å²) in [6.07, 6.45) is -0.191. The molecule has 0 N–H and O–H groups in total. The smallest absolute Gasteiger partial charge is 0.387 e. The van der Waals surface area contributed by atoms with Crippen LogP contribution in [0.25, 0.3) is 0 Å². The van der Waals surface area contributed by atoms with Crippen molar-refractivity contribution in [3.05, 3.63) is 47.4 Å². The van der Waals surface area contributed by atoms with Gasteiger partial charge in [-0.2, -0.15) is 8.78 Å². The maximum atomic E-state index is 12.3. The van der Waals surface area contributed by atoms with Gasteiger partial charge in [0.2, 0.25) is 0 Å². The fourth-order valence-corrected chi connectivity index (χ4v) is 3.13. The second kappa shape index (κ2) is 9.00. The highest BCUT2D eigenvalue weighted by molar-refractivity contribution is 5.42. The van der Waals surface area contributed by atoms with Crippen LogP contribution in [-0.4, -0.2) is 43.4 Å². The Labute approximate surface area is 169 Å². The van der Waals surface area contributed by atoms with Gasteiger partial charge in [-0.25, -0.2) is 9.97 Å². The molecule has 158 valence electrons. The van der Waals surface area contributed by atoms with E-state index in [1.54, 1.807) is 19.2 Å². The SMILES string of the molecule is COCc1cc(N2CCOC(c3ccc(OC(F)F)cc3)C2)nc(C(C)(C)C)n1. The topological polar surface area (TPSA) is 56.7 Å². The van der Waals surface area contributed by atoms with Crippen LogP contribution in [0.5, 0.6) is 5.75 Å². The Morgan fingerprint density at radius 1 is 1.21 bits per heavy atom. The van der Waals surface area contributed by atoms with Crippen LogP contribution >= 0.6 is 0 Å². The highest BCUT2D eigenvalue weighted by Gasteiger charge is 2.26. The number of hydrogen-bond acceptors (Lipinski definition) is 6. The number of halogens is 2. The van der Waals surface area contributed by atoms with E-state index in [-0.39, 0.29) is 17.3 Å². The van der Waals surface area contributed by atoms with Crippen LogP contribution in [0.1, 0.15) is 44.0 Å². The van der Waals surface area contributed by atoms with Crippen LogP contribution in [0.2, 0.25) is 0 Å². The lowest BCUT2D eigenvalue weighted by molar-refractivity contribution is -0.0498. The molecule has 29 heavy (non-hydrogen) atoms. The van der Waals surface area contributed by atoms with Crippen LogP contribution in [0.4, 0.5) is 14.6 Å². The molecule has 0 saturated carbocycles. The van der Waals surface area contributed by atoms with E-state index in [9.17, 15) is 8.78 Å². The molecule has 1 aromatic heterocycles. The maximum absolute atomic E-state index is 12.3. The standard InChI is InChI=1S/C21H27F2N3O3/c1-21(2,3)19-24-15(13-27-4)11-18(25-19)26-9-10-28-17(12-26)14-5-7-16(8-6-14)29-20(22)23/h5-8,11,17,20H,9-10,12-13H2,1-4H3. The van der Waals surface area contributed by atoms with Gasteiger partial charge in [-0.3, -0.25) is 0 Å². The number of hydrogen-bond donors (Lipinski definition) is 0. The van der Waals surface area contributed by atoms with Gasteiger partial charge in [0.25, 0.3) is 0 Å². The lowest BCUT2D eigenvalue weighted by atomic mass is 9.95. The van der Waals surface area contributed by atoms with Crippen molar-refractivity contribution in [2.45, 2.75) is 45.5 Å². The predicted octanol–water partition coefficient (Wildman–Crippen LogP) is 4.10. The number of methoxy groups -OCH3 is 1. The summed E-state index contributed by atoms with van der Waals surface area (Å²) in [4.78, 5) is 11.6. The van der Waals surface area contributed by atoms with Crippen molar-refractivity contribution >= 4 is 5.82 Å². The third-order valence-electron chi connectivity index (χ3n) is 4.60. The first-order chi connectivity index (χ1) is 13.8. The van der Waals surface area contributed by atoms with Gasteiger partial charge in [-0.1, -0.05) is 32.9 Å². The highest BCUT2D eigenvalue weighted by Crippen LogP contribution is 2.29. The highest BCUT2D eigenvalue weighted by atomic mass is 19.3. The molecule has 8 heteroatoms. The number of rotatable bonds is 6. The van der Waals surface area contributed by atoms with Gasteiger partial charge < -0.3 is 19.1 Å². The maximum Gasteiger partial charge on any atom is 0.387 e. The molecule has 1 unspecified atom stereocenters. The van der Waals surface area contributed by atoms with E-state index in [0.717, 1.165) is 22.9 Å². The molecule has 2 heterocycles. The van der Waals surface area contributed by atoms with Gasteiger partial charge in [0.05, 0.1) is 18.9 Å². The summed E-state index contributed by atoms with van der Waals surface area (Å²) in [6.45, 7) is 5.65. The number of alkyl halides is 2. The Kier molecular flexibility index (Phi) is 6.64. The van der Waals surface area contributed by atoms with E-state index in [0.29, 0.717) is 26.3 Å². The molecule has 1 aliphatic rings. The second-order valence-electron chi connectivity index (χ2n) is 7.98. The summed E-state index contributed by atoms with van der Waals surface area (Å²) in [5.74, 6) is 1.73. The Morgan fingerprint density at radius 3 is 2.55 bits per heavy atom. The van der Waals surface area contributed by atoms with Crippen LogP contribution in [0.3, 0.4) is 0 Å². The monoisotopic (exact) mass is 407 g/mol. The number of benzene rings is 1. The Morgan fingerprint density at radius 2 is 1.93 bits per heavy atom. The number of aromatic nitrogens is 2. The van der Waals surface area contributed by atoms with Crippen molar-refractivity contribution < 1.29 is 23.0 Å². The first-order valence-corrected chi connectivity index (χ1v) is 9.55. The zero-order valence-electron chi connectivity index (χ0n) is 17.2. The molecule has 2 aromatic rings. The minimum atomic E-state index is -2.83. The quantitative estimate of drug-likeness (QED) is 0.719. The summed E-state index contributed by atoms with van der Waals surface area (Å²) in [5.41, 5.74) is 1.54. The van der Waals surface area contributed by atoms with E-state index in [4.69, 9.17) is 14.5 Å². The van der Waals surface area contributed by atoms with E-state index in [2.05, 4.69) is 35.4 Å². The minimum absolute atomic E-state index is 0.131. The average molecular weight is 407 g/mol. The fraction of sp³-hybridized carbons (Fsp3) is 0.524. The van der Waals surface area contributed by atoms with Gasteiger partial charge in [0.15, 0.2) is 0 Å². The van der Waals surface area contributed by atoms with Crippen molar-refractivity contribution in [1.29, 1.82) is 0 Å². The normalized spacial score (nSPS) is 17.6. The third-order valence-corrected chi connectivity index (χ3v) is 4.60. The Hall–Kier alpha value is -2.32. The lowest BCUT2D eigenvalue weighted by Gasteiger charge is -2.34. The van der Waals surface area contributed by atoms with Crippen molar-refractivity contribution in [3.8, 4) is 5.75 Å². The molecule has 0 amide bonds. The van der Waals surface area contributed by atoms with E-state index in [1.165, 1.54) is 12.1 Å². The van der Waals surface area contributed by atoms with Crippen molar-refractivity contribution in [3.63, 3.8) is 0 Å². The molecular formula is C21H27F2N3O3. The summed E-state index contributed by atoms with van der Waals surface area (Å²) in [5, 5.41) is 0. The number of morpholine rings is 1. The Bertz CT molecular complexity index is 810. The number of anilines is 1. The molecule has 1 aliphatic heterocycles. The first kappa shape index (κ1) is 21.4. The predicted molar refractivity (Wildman–Crippen MR) is 105 cm³/mol. The molecule has 6 nitrogen and oxygen atoms in total.